The Morgan fingerprint density at radius 3 is 2.48 bits per heavy atom. The van der Waals surface area contributed by atoms with E-state index in [9.17, 15) is 4.79 Å². The Morgan fingerprint density at radius 2 is 1.86 bits per heavy atom. The van der Waals surface area contributed by atoms with Gasteiger partial charge < -0.3 is 0 Å². The first-order valence-electron chi connectivity index (χ1n) is 7.73. The summed E-state index contributed by atoms with van der Waals surface area (Å²) in [6.45, 7) is 10.9. The third-order valence-corrected chi connectivity index (χ3v) is 4.18. The number of hydrogen-bond donors (Lipinski definition) is 0. The van der Waals surface area contributed by atoms with Crippen LogP contribution >= 0.6 is 0 Å². The minimum Gasteiger partial charge on any atom is -0.299 e. The molecule has 1 nitrogen and oxygen atoms in total. The first-order valence-corrected chi connectivity index (χ1v) is 7.73. The first kappa shape index (κ1) is 17.4. The molecule has 0 bridgehead atoms. The van der Waals surface area contributed by atoms with E-state index in [0.717, 1.165) is 11.9 Å². The van der Waals surface area contributed by atoms with Gasteiger partial charge in [0.25, 0.3) is 0 Å². The predicted octanol–water partition coefficient (Wildman–Crippen LogP) is 5.72. The van der Waals surface area contributed by atoms with Crippen LogP contribution in [0.25, 0.3) is 0 Å². The van der Waals surface area contributed by atoms with Crippen LogP contribution in [-0.2, 0) is 4.79 Å². The summed E-state index contributed by atoms with van der Waals surface area (Å²) < 4.78 is 0. The topological polar surface area (TPSA) is 17.1 Å². The fourth-order valence-electron chi connectivity index (χ4n) is 2.46. The lowest BCUT2D eigenvalue weighted by Crippen LogP contribution is -2.17. The molecular weight excluding hydrogens is 256 g/mol. The van der Waals surface area contributed by atoms with Gasteiger partial charge in [-0.3, -0.25) is 4.79 Å². The van der Waals surface area contributed by atoms with E-state index in [1.54, 1.807) is 6.08 Å². The van der Waals surface area contributed by atoms with Gasteiger partial charge in [0.05, 0.1) is 0 Å². The predicted molar refractivity (Wildman–Crippen MR) is 92.2 cm³/mol. The van der Waals surface area contributed by atoms with E-state index in [0.29, 0.717) is 5.41 Å². The largest absolute Gasteiger partial charge is 0.299 e. The first-order chi connectivity index (χ1) is 9.86. The van der Waals surface area contributed by atoms with Crippen molar-refractivity contribution < 1.29 is 4.79 Å². The van der Waals surface area contributed by atoms with Gasteiger partial charge in [0.15, 0.2) is 0 Å². The molecule has 0 fully saturated rings. The molecule has 1 heteroatoms. The highest BCUT2D eigenvalue weighted by Gasteiger charge is 2.23. The zero-order chi connectivity index (χ0) is 15.9. The molecule has 0 aromatic rings. The minimum atomic E-state index is 0.291. The Morgan fingerprint density at radius 1 is 1.14 bits per heavy atom. The molecule has 0 amide bonds. The van der Waals surface area contributed by atoms with Crippen molar-refractivity contribution in [2.24, 2.45) is 5.41 Å². The Hall–Kier alpha value is -1.63. The number of rotatable bonds is 5. The Kier molecular flexibility index (Phi) is 6.61. The third-order valence-electron chi connectivity index (χ3n) is 4.18. The molecule has 0 aromatic heterocycles. The average Bonchev–Trinajstić information content (AvgIpc) is 2.41. The van der Waals surface area contributed by atoms with Gasteiger partial charge in [0.1, 0.15) is 6.29 Å². The molecule has 0 saturated heterocycles. The Labute approximate surface area is 129 Å². The second kappa shape index (κ2) is 7.97. The Bertz CT molecular complexity index is 522. The van der Waals surface area contributed by atoms with E-state index in [-0.39, 0.29) is 0 Å². The third kappa shape index (κ3) is 5.71. The highest BCUT2D eigenvalue weighted by molar-refractivity contribution is 5.66. The van der Waals surface area contributed by atoms with Crippen LogP contribution in [-0.4, -0.2) is 6.29 Å². The lowest BCUT2D eigenvalue weighted by atomic mass is 9.75. The Balaban J connectivity index is 2.84. The van der Waals surface area contributed by atoms with Crippen molar-refractivity contribution in [1.82, 2.24) is 0 Å². The van der Waals surface area contributed by atoms with Crippen LogP contribution in [0.1, 0.15) is 53.9 Å². The molecule has 21 heavy (non-hydrogen) atoms. The lowest BCUT2D eigenvalue weighted by Gasteiger charge is -2.30. The second-order valence-corrected chi connectivity index (χ2v) is 6.52. The van der Waals surface area contributed by atoms with Crippen LogP contribution in [0.2, 0.25) is 0 Å². The molecule has 0 heterocycles. The maximum Gasteiger partial charge on any atom is 0.143 e. The monoisotopic (exact) mass is 284 g/mol. The van der Waals surface area contributed by atoms with Crippen molar-refractivity contribution >= 4 is 6.29 Å². The van der Waals surface area contributed by atoms with E-state index in [4.69, 9.17) is 0 Å². The summed E-state index contributed by atoms with van der Waals surface area (Å²) in [5.74, 6) is 0. The molecule has 0 unspecified atom stereocenters. The van der Waals surface area contributed by atoms with Crippen LogP contribution in [0, 0.1) is 5.41 Å². The zero-order valence-corrected chi connectivity index (χ0v) is 14.1. The van der Waals surface area contributed by atoms with E-state index in [2.05, 4.69) is 45.9 Å². The van der Waals surface area contributed by atoms with Crippen molar-refractivity contribution in [2.75, 3.05) is 0 Å². The highest BCUT2D eigenvalue weighted by atomic mass is 16.1. The SMILES string of the molecule is CC(=C/C=C/C(C)=C/C=O)/C(C)=C/C1=CCCCC1(C)C. The lowest BCUT2D eigenvalue weighted by molar-refractivity contribution is -0.104. The van der Waals surface area contributed by atoms with Crippen LogP contribution in [0.4, 0.5) is 0 Å². The molecule has 1 aliphatic rings. The van der Waals surface area contributed by atoms with Gasteiger partial charge in [-0.2, -0.15) is 0 Å². The summed E-state index contributed by atoms with van der Waals surface area (Å²) in [6.07, 6.45) is 16.9. The molecule has 0 aliphatic heterocycles. The van der Waals surface area contributed by atoms with Gasteiger partial charge in [-0.1, -0.05) is 44.2 Å². The number of hydrogen-bond acceptors (Lipinski definition) is 1. The number of aldehydes is 1. The van der Waals surface area contributed by atoms with Crippen LogP contribution in [0.3, 0.4) is 0 Å². The quantitative estimate of drug-likeness (QED) is 0.358. The maximum atomic E-state index is 10.4. The van der Waals surface area contributed by atoms with E-state index >= 15 is 0 Å². The number of carbonyl (C=O) groups excluding carboxylic acids is 1. The number of allylic oxidation sites excluding steroid dienone is 10. The van der Waals surface area contributed by atoms with E-state index in [1.165, 1.54) is 36.0 Å². The van der Waals surface area contributed by atoms with E-state index < -0.39 is 0 Å². The van der Waals surface area contributed by atoms with Crippen molar-refractivity contribution in [3.8, 4) is 0 Å². The molecule has 0 atom stereocenters. The van der Waals surface area contributed by atoms with E-state index in [1.807, 2.05) is 19.1 Å². The van der Waals surface area contributed by atoms with Gasteiger partial charge in [0.2, 0.25) is 0 Å². The summed E-state index contributed by atoms with van der Waals surface area (Å²) in [5, 5.41) is 0. The average molecular weight is 284 g/mol. The molecule has 114 valence electrons. The van der Waals surface area contributed by atoms with Crippen molar-refractivity contribution in [2.45, 2.75) is 53.9 Å². The van der Waals surface area contributed by atoms with Gasteiger partial charge in [-0.15, -0.1) is 0 Å². The fourth-order valence-corrected chi connectivity index (χ4v) is 2.46. The smallest absolute Gasteiger partial charge is 0.143 e. The molecule has 0 aromatic carbocycles. The maximum absolute atomic E-state index is 10.4. The van der Waals surface area contributed by atoms with Gasteiger partial charge in [0, 0.05) is 0 Å². The fraction of sp³-hybridized carbons (Fsp3) is 0.450. The summed E-state index contributed by atoms with van der Waals surface area (Å²) in [6, 6.07) is 0. The van der Waals surface area contributed by atoms with Gasteiger partial charge >= 0.3 is 0 Å². The highest BCUT2D eigenvalue weighted by Crippen LogP contribution is 2.38. The van der Waals surface area contributed by atoms with Crippen molar-refractivity contribution in [1.29, 1.82) is 0 Å². The van der Waals surface area contributed by atoms with Crippen LogP contribution in [0.5, 0.6) is 0 Å². The van der Waals surface area contributed by atoms with Crippen molar-refractivity contribution in [3.05, 3.63) is 58.7 Å². The van der Waals surface area contributed by atoms with Crippen molar-refractivity contribution in [3.63, 3.8) is 0 Å². The summed E-state index contributed by atoms with van der Waals surface area (Å²) in [4.78, 5) is 10.4. The van der Waals surface area contributed by atoms with Gasteiger partial charge in [-0.25, -0.2) is 0 Å². The van der Waals surface area contributed by atoms with Gasteiger partial charge in [-0.05, 0) is 73.8 Å². The zero-order valence-electron chi connectivity index (χ0n) is 14.1. The molecule has 0 saturated carbocycles. The molecule has 1 rings (SSSR count). The second-order valence-electron chi connectivity index (χ2n) is 6.52. The molecule has 0 spiro atoms. The summed E-state index contributed by atoms with van der Waals surface area (Å²) >= 11 is 0. The molecule has 1 aliphatic carbocycles. The molecular formula is C20H28O. The van der Waals surface area contributed by atoms with Crippen LogP contribution < -0.4 is 0 Å². The standard InChI is InChI=1S/C20H28O/c1-16(12-14-21)9-8-10-17(2)18(3)15-19-11-6-7-13-20(19,4)5/h8-12,14-15H,6-7,13H2,1-5H3/b9-8+,16-12+,17-10-,18-15+. The normalized spacial score (nSPS) is 20.6. The van der Waals surface area contributed by atoms with Crippen LogP contribution in [0.15, 0.2) is 58.7 Å². The summed E-state index contributed by atoms with van der Waals surface area (Å²) in [5.41, 5.74) is 5.27. The molecule has 0 radical (unpaired) electrons. The minimum absolute atomic E-state index is 0.291. The molecule has 0 N–H and O–H groups in total. The number of carbonyl (C=O) groups is 1. The summed E-state index contributed by atoms with van der Waals surface area (Å²) in [7, 11) is 0.